The predicted molar refractivity (Wildman–Crippen MR) is 80.2 cm³/mol. The van der Waals surface area contributed by atoms with Gasteiger partial charge in [-0.3, -0.25) is 4.98 Å². The topological polar surface area (TPSA) is 24.9 Å². The lowest BCUT2D eigenvalue weighted by atomic mass is 9.96. The maximum atomic E-state index is 4.21. The van der Waals surface area contributed by atoms with Crippen LogP contribution in [0.5, 0.6) is 0 Å². The van der Waals surface area contributed by atoms with Crippen molar-refractivity contribution in [1.29, 1.82) is 0 Å². The summed E-state index contributed by atoms with van der Waals surface area (Å²) in [4.78, 5) is 4.21. The van der Waals surface area contributed by atoms with Crippen molar-refractivity contribution in [2.75, 3.05) is 6.54 Å². The number of aryl methyl sites for hydroxylation is 1. The molecule has 2 rings (SSSR count). The molecular weight excluding hydrogens is 232 g/mol. The second-order valence-electron chi connectivity index (χ2n) is 4.93. The van der Waals surface area contributed by atoms with Gasteiger partial charge in [-0.1, -0.05) is 37.3 Å². The van der Waals surface area contributed by atoms with Crippen LogP contribution >= 0.6 is 0 Å². The lowest BCUT2D eigenvalue weighted by Crippen LogP contribution is -2.24. The Morgan fingerprint density at radius 2 is 2.00 bits per heavy atom. The van der Waals surface area contributed by atoms with Crippen molar-refractivity contribution >= 4 is 0 Å². The van der Waals surface area contributed by atoms with Crippen LogP contribution in [0.1, 0.15) is 36.1 Å². The smallest absolute Gasteiger partial charge is 0.0364 e. The molecule has 0 fully saturated rings. The quantitative estimate of drug-likeness (QED) is 0.850. The molecule has 2 heteroatoms. The molecule has 1 unspecified atom stereocenters. The van der Waals surface area contributed by atoms with Crippen LogP contribution in [-0.4, -0.2) is 11.5 Å². The molecule has 0 saturated heterocycles. The first-order valence-electron chi connectivity index (χ1n) is 6.99. The van der Waals surface area contributed by atoms with E-state index in [1.807, 2.05) is 18.5 Å². The number of nitrogens with zero attached hydrogens (tertiary/aromatic N) is 1. The average molecular weight is 254 g/mol. The van der Waals surface area contributed by atoms with Crippen LogP contribution in [0, 0.1) is 6.92 Å². The highest BCUT2D eigenvalue weighted by Crippen LogP contribution is 2.21. The van der Waals surface area contributed by atoms with E-state index in [0.29, 0.717) is 6.04 Å². The molecule has 0 spiro atoms. The molecule has 0 bridgehead atoms. The summed E-state index contributed by atoms with van der Waals surface area (Å²) >= 11 is 0. The molecule has 19 heavy (non-hydrogen) atoms. The fraction of sp³-hybridized carbons (Fsp3) is 0.353. The number of hydrogen-bond acceptors (Lipinski definition) is 2. The molecule has 1 aromatic heterocycles. The van der Waals surface area contributed by atoms with E-state index in [1.165, 1.54) is 16.7 Å². The normalized spacial score (nSPS) is 12.3. The summed E-state index contributed by atoms with van der Waals surface area (Å²) in [5.74, 6) is 0. The van der Waals surface area contributed by atoms with Gasteiger partial charge in [-0.25, -0.2) is 0 Å². The lowest BCUT2D eigenvalue weighted by molar-refractivity contribution is 0.526. The van der Waals surface area contributed by atoms with E-state index in [-0.39, 0.29) is 0 Å². The van der Waals surface area contributed by atoms with Gasteiger partial charge in [0.05, 0.1) is 0 Å². The van der Waals surface area contributed by atoms with Crippen molar-refractivity contribution in [2.24, 2.45) is 0 Å². The van der Waals surface area contributed by atoms with Crippen molar-refractivity contribution in [1.82, 2.24) is 10.3 Å². The number of hydrogen-bond donors (Lipinski definition) is 1. The van der Waals surface area contributed by atoms with E-state index in [0.717, 1.165) is 19.4 Å². The summed E-state index contributed by atoms with van der Waals surface area (Å²) in [6.45, 7) is 5.42. The highest BCUT2D eigenvalue weighted by Gasteiger charge is 2.13. The Morgan fingerprint density at radius 3 is 2.68 bits per heavy atom. The monoisotopic (exact) mass is 254 g/mol. The molecule has 0 aliphatic rings. The molecule has 1 N–H and O–H groups in total. The molecular formula is C17H22N2. The van der Waals surface area contributed by atoms with Crippen LogP contribution in [0.3, 0.4) is 0 Å². The summed E-state index contributed by atoms with van der Waals surface area (Å²) in [7, 11) is 0. The number of rotatable bonds is 6. The van der Waals surface area contributed by atoms with Gasteiger partial charge in [0.25, 0.3) is 0 Å². The molecule has 100 valence electrons. The number of pyridine rings is 1. The van der Waals surface area contributed by atoms with Crippen molar-refractivity contribution in [3.63, 3.8) is 0 Å². The molecule has 0 aliphatic heterocycles. The van der Waals surface area contributed by atoms with Crippen molar-refractivity contribution in [3.8, 4) is 0 Å². The molecule has 0 aliphatic carbocycles. The highest BCUT2D eigenvalue weighted by atomic mass is 14.9. The zero-order chi connectivity index (χ0) is 13.5. The zero-order valence-electron chi connectivity index (χ0n) is 11.8. The van der Waals surface area contributed by atoms with Crippen LogP contribution in [0.15, 0.2) is 48.8 Å². The standard InChI is InChI=1S/C17H22N2/c1-3-10-19-17(12-15-8-6-11-18-13-15)16-9-5-4-7-14(16)2/h4-9,11,13,17,19H,3,10,12H2,1-2H3. The second kappa shape index (κ2) is 7.05. The van der Waals surface area contributed by atoms with Gasteiger partial charge in [0, 0.05) is 18.4 Å². The van der Waals surface area contributed by atoms with Gasteiger partial charge in [-0.2, -0.15) is 0 Å². The summed E-state index contributed by atoms with van der Waals surface area (Å²) in [6.07, 6.45) is 5.92. The maximum absolute atomic E-state index is 4.21. The third kappa shape index (κ3) is 3.90. The predicted octanol–water partition coefficient (Wildman–Crippen LogP) is 3.67. The van der Waals surface area contributed by atoms with Crippen molar-refractivity contribution < 1.29 is 0 Å². The molecule has 0 saturated carbocycles. The largest absolute Gasteiger partial charge is 0.310 e. The van der Waals surface area contributed by atoms with Gasteiger partial charge in [0.1, 0.15) is 0 Å². The van der Waals surface area contributed by atoms with Gasteiger partial charge >= 0.3 is 0 Å². The average Bonchev–Trinajstić information content (AvgIpc) is 2.45. The Kier molecular flexibility index (Phi) is 5.10. The number of aromatic nitrogens is 1. The highest BCUT2D eigenvalue weighted by molar-refractivity contribution is 5.30. The summed E-state index contributed by atoms with van der Waals surface area (Å²) in [6, 6.07) is 13.1. The molecule has 2 aromatic rings. The maximum Gasteiger partial charge on any atom is 0.0364 e. The molecule has 0 amide bonds. The van der Waals surface area contributed by atoms with E-state index in [1.54, 1.807) is 0 Å². The summed E-state index contributed by atoms with van der Waals surface area (Å²) < 4.78 is 0. The van der Waals surface area contributed by atoms with E-state index in [2.05, 4.69) is 54.5 Å². The first kappa shape index (κ1) is 13.8. The zero-order valence-corrected chi connectivity index (χ0v) is 11.8. The van der Waals surface area contributed by atoms with Gasteiger partial charge in [-0.15, -0.1) is 0 Å². The first-order valence-corrected chi connectivity index (χ1v) is 6.99. The summed E-state index contributed by atoms with van der Waals surface area (Å²) in [5, 5.41) is 3.65. The van der Waals surface area contributed by atoms with Crippen LogP contribution in [0.2, 0.25) is 0 Å². The van der Waals surface area contributed by atoms with Crippen LogP contribution in [-0.2, 0) is 6.42 Å². The number of nitrogens with one attached hydrogen (secondary N) is 1. The Bertz CT molecular complexity index is 494. The van der Waals surface area contributed by atoms with Crippen molar-refractivity contribution in [2.45, 2.75) is 32.7 Å². The van der Waals surface area contributed by atoms with E-state index >= 15 is 0 Å². The van der Waals surface area contributed by atoms with Gasteiger partial charge in [-0.05, 0) is 49.1 Å². The fourth-order valence-electron chi connectivity index (χ4n) is 2.34. The van der Waals surface area contributed by atoms with E-state index < -0.39 is 0 Å². The minimum absolute atomic E-state index is 0.366. The van der Waals surface area contributed by atoms with Crippen LogP contribution in [0.4, 0.5) is 0 Å². The van der Waals surface area contributed by atoms with Gasteiger partial charge in [0.2, 0.25) is 0 Å². The third-order valence-electron chi connectivity index (χ3n) is 3.37. The van der Waals surface area contributed by atoms with Crippen LogP contribution < -0.4 is 5.32 Å². The van der Waals surface area contributed by atoms with Gasteiger partial charge in [0.15, 0.2) is 0 Å². The van der Waals surface area contributed by atoms with E-state index in [4.69, 9.17) is 0 Å². The Hall–Kier alpha value is -1.67. The van der Waals surface area contributed by atoms with E-state index in [9.17, 15) is 0 Å². The Labute approximate surface area is 115 Å². The van der Waals surface area contributed by atoms with Gasteiger partial charge < -0.3 is 5.32 Å². The minimum Gasteiger partial charge on any atom is -0.310 e. The second-order valence-corrected chi connectivity index (χ2v) is 4.93. The minimum atomic E-state index is 0.366. The van der Waals surface area contributed by atoms with Crippen LogP contribution in [0.25, 0.3) is 0 Å². The van der Waals surface area contributed by atoms with Crippen molar-refractivity contribution in [3.05, 3.63) is 65.5 Å². The lowest BCUT2D eigenvalue weighted by Gasteiger charge is -2.21. The fourth-order valence-corrected chi connectivity index (χ4v) is 2.34. The molecule has 2 nitrogen and oxygen atoms in total. The first-order chi connectivity index (χ1) is 9.31. The Morgan fingerprint density at radius 1 is 1.16 bits per heavy atom. The SMILES string of the molecule is CCCNC(Cc1cccnc1)c1ccccc1C. The Balaban J connectivity index is 2.19. The third-order valence-corrected chi connectivity index (χ3v) is 3.37. The molecule has 1 aromatic carbocycles. The molecule has 0 radical (unpaired) electrons. The molecule has 1 atom stereocenters. The summed E-state index contributed by atoms with van der Waals surface area (Å²) in [5.41, 5.74) is 4.01. The molecule has 1 heterocycles. The number of benzene rings is 1.